The first-order chi connectivity index (χ1) is 15.4. The van der Waals surface area contributed by atoms with Crippen LogP contribution in [-0.2, 0) is 4.79 Å². The fraction of sp³-hybridized carbons (Fsp3) is 0.261. The van der Waals surface area contributed by atoms with E-state index < -0.39 is 0 Å². The normalized spacial score (nSPS) is 16.2. The van der Waals surface area contributed by atoms with Crippen LogP contribution in [0.5, 0.6) is 5.75 Å². The van der Waals surface area contributed by atoms with Crippen LogP contribution >= 0.6 is 22.9 Å². The zero-order valence-electron chi connectivity index (χ0n) is 17.8. The Bertz CT molecular complexity index is 1390. The molecule has 1 aliphatic heterocycles. The van der Waals surface area contributed by atoms with Crippen LogP contribution in [0.1, 0.15) is 18.0 Å². The number of benzene rings is 1. The van der Waals surface area contributed by atoms with Crippen molar-refractivity contribution in [3.8, 4) is 16.2 Å². The van der Waals surface area contributed by atoms with Crippen molar-refractivity contribution in [1.29, 1.82) is 0 Å². The average Bonchev–Trinajstić information content (AvgIpc) is 3.48. The lowest BCUT2D eigenvalue weighted by molar-refractivity contribution is -0.125. The number of halogens is 1. The number of fused-ring (bicyclic) bond motifs is 2. The molecule has 0 radical (unpaired) electrons. The highest BCUT2D eigenvalue weighted by Gasteiger charge is 2.32. The van der Waals surface area contributed by atoms with Crippen molar-refractivity contribution in [2.24, 2.45) is 0 Å². The number of nitrogens with two attached hydrogens (primary N) is 1. The van der Waals surface area contributed by atoms with Crippen molar-refractivity contribution in [2.75, 3.05) is 25.9 Å². The monoisotopic (exact) mass is 467 g/mol. The van der Waals surface area contributed by atoms with E-state index in [1.807, 2.05) is 17.6 Å². The first kappa shape index (κ1) is 20.8. The predicted molar refractivity (Wildman–Crippen MR) is 129 cm³/mol. The van der Waals surface area contributed by atoms with E-state index in [4.69, 9.17) is 22.1 Å². The number of aryl methyl sites for hydroxylation is 1. The van der Waals surface area contributed by atoms with Gasteiger partial charge in [-0.2, -0.15) is 0 Å². The maximum atomic E-state index is 12.1. The second kappa shape index (κ2) is 7.79. The van der Waals surface area contributed by atoms with E-state index in [1.54, 1.807) is 23.3 Å². The third-order valence-corrected chi connectivity index (χ3v) is 7.51. The lowest BCUT2D eigenvalue weighted by atomic mass is 10.1. The Balaban J connectivity index is 1.72. The summed E-state index contributed by atoms with van der Waals surface area (Å²) in [7, 11) is 1.68. The maximum absolute atomic E-state index is 12.1. The number of likely N-dealkylation sites (tertiary alicyclic amines) is 1. The van der Waals surface area contributed by atoms with Gasteiger partial charge in [-0.25, -0.2) is 9.97 Å². The smallest absolute Gasteiger partial charge is 0.246 e. The van der Waals surface area contributed by atoms with Gasteiger partial charge in [-0.15, -0.1) is 11.3 Å². The van der Waals surface area contributed by atoms with Crippen LogP contribution in [0.25, 0.3) is 31.6 Å². The molecule has 1 fully saturated rings. The second-order valence-electron chi connectivity index (χ2n) is 7.92. The molecule has 1 amide bonds. The van der Waals surface area contributed by atoms with E-state index in [0.29, 0.717) is 29.7 Å². The molecule has 1 aliphatic rings. The van der Waals surface area contributed by atoms with Crippen molar-refractivity contribution in [2.45, 2.75) is 19.4 Å². The summed E-state index contributed by atoms with van der Waals surface area (Å²) in [6.07, 6.45) is 3.56. The molecule has 1 saturated heterocycles. The third-order valence-electron chi connectivity index (χ3n) is 5.96. The van der Waals surface area contributed by atoms with Crippen molar-refractivity contribution in [3.05, 3.63) is 47.9 Å². The summed E-state index contributed by atoms with van der Waals surface area (Å²) >= 11 is 8.63. The number of nitrogen functional groups attached to an aromatic ring is 1. The van der Waals surface area contributed by atoms with Gasteiger partial charge >= 0.3 is 0 Å². The van der Waals surface area contributed by atoms with Gasteiger partial charge in [0, 0.05) is 23.5 Å². The fourth-order valence-electron chi connectivity index (χ4n) is 4.51. The Morgan fingerprint density at radius 2 is 2.19 bits per heavy atom. The number of aromatic nitrogens is 3. The Kier molecular flexibility index (Phi) is 5.06. The number of carbonyl (C=O) groups excluding carboxylic acids is 1. The van der Waals surface area contributed by atoms with Crippen molar-refractivity contribution < 1.29 is 9.53 Å². The highest BCUT2D eigenvalue weighted by Crippen LogP contribution is 2.47. The summed E-state index contributed by atoms with van der Waals surface area (Å²) in [5, 5.41) is 2.36. The minimum Gasteiger partial charge on any atom is -0.495 e. The molecule has 0 saturated carbocycles. The Morgan fingerprint density at radius 1 is 1.38 bits per heavy atom. The van der Waals surface area contributed by atoms with Gasteiger partial charge in [0.15, 0.2) is 0 Å². The van der Waals surface area contributed by atoms with Gasteiger partial charge < -0.3 is 19.9 Å². The van der Waals surface area contributed by atoms with Crippen molar-refractivity contribution in [3.63, 3.8) is 0 Å². The van der Waals surface area contributed by atoms with E-state index in [-0.39, 0.29) is 11.9 Å². The summed E-state index contributed by atoms with van der Waals surface area (Å²) in [6.45, 7) is 6.82. The molecule has 1 atom stereocenters. The molecule has 7 nitrogen and oxygen atoms in total. The highest BCUT2D eigenvalue weighted by molar-refractivity contribution is 7.22. The zero-order chi connectivity index (χ0) is 22.6. The van der Waals surface area contributed by atoms with E-state index in [9.17, 15) is 4.79 Å². The standard InChI is InChI=1S/C23H22ClN5O2S/c1-4-17(30)28-6-5-14(10-28)29-21(24)18(19-22(25)26-11-27-23(19)29)16-9-13-7-12(2)8-15(31-3)20(13)32-16/h4,7-9,11,14H,1,5-6,10H2,2-3H3,(H2,25,26,27). The first-order valence-electron chi connectivity index (χ1n) is 10.2. The lowest BCUT2D eigenvalue weighted by Gasteiger charge is -2.17. The van der Waals surface area contributed by atoms with Crippen LogP contribution in [0.15, 0.2) is 37.2 Å². The SMILES string of the molecule is C=CC(=O)N1CCC(n2c(Cl)c(-c3cc4cc(C)cc(OC)c4s3)c3c(N)ncnc32)C1. The summed E-state index contributed by atoms with van der Waals surface area (Å²) < 4.78 is 8.65. The maximum Gasteiger partial charge on any atom is 0.246 e. The van der Waals surface area contributed by atoms with Gasteiger partial charge in [0.25, 0.3) is 0 Å². The number of carbonyl (C=O) groups is 1. The molecule has 0 aliphatic carbocycles. The van der Waals surface area contributed by atoms with Gasteiger partial charge in [0.1, 0.15) is 28.7 Å². The predicted octanol–water partition coefficient (Wildman–Crippen LogP) is 4.83. The molecule has 32 heavy (non-hydrogen) atoms. The number of methoxy groups -OCH3 is 1. The highest BCUT2D eigenvalue weighted by atomic mass is 35.5. The summed E-state index contributed by atoms with van der Waals surface area (Å²) in [5.41, 5.74) is 8.94. The lowest BCUT2D eigenvalue weighted by Crippen LogP contribution is -2.27. The number of hydrogen-bond acceptors (Lipinski definition) is 6. The van der Waals surface area contributed by atoms with Gasteiger partial charge in [-0.05, 0) is 42.5 Å². The van der Waals surface area contributed by atoms with Crippen molar-refractivity contribution >= 4 is 55.8 Å². The van der Waals surface area contributed by atoms with Crippen LogP contribution in [0.2, 0.25) is 5.15 Å². The summed E-state index contributed by atoms with van der Waals surface area (Å²) in [6, 6.07) is 6.24. The van der Waals surface area contributed by atoms with Crippen LogP contribution in [0.3, 0.4) is 0 Å². The minimum atomic E-state index is -0.0820. The van der Waals surface area contributed by atoms with Gasteiger partial charge in [-0.1, -0.05) is 24.2 Å². The molecule has 5 rings (SSSR count). The third kappa shape index (κ3) is 3.13. The van der Waals surface area contributed by atoms with E-state index in [1.165, 1.54) is 12.4 Å². The number of anilines is 1. The average molecular weight is 468 g/mol. The Hall–Kier alpha value is -3.10. The molecule has 2 N–H and O–H groups in total. The van der Waals surface area contributed by atoms with Crippen LogP contribution < -0.4 is 10.5 Å². The molecule has 1 aromatic carbocycles. The molecular formula is C23H22ClN5O2S. The molecule has 3 aromatic heterocycles. The molecule has 9 heteroatoms. The van der Waals surface area contributed by atoms with Crippen LogP contribution in [0, 0.1) is 6.92 Å². The molecule has 1 unspecified atom stereocenters. The Morgan fingerprint density at radius 3 is 2.94 bits per heavy atom. The number of ether oxygens (including phenoxy) is 1. The van der Waals surface area contributed by atoms with E-state index in [0.717, 1.165) is 43.6 Å². The summed E-state index contributed by atoms with van der Waals surface area (Å²) in [5.74, 6) is 1.12. The molecule has 164 valence electrons. The number of thiophene rings is 1. The number of amides is 1. The van der Waals surface area contributed by atoms with Gasteiger partial charge in [-0.3, -0.25) is 4.79 Å². The number of rotatable bonds is 4. The largest absolute Gasteiger partial charge is 0.495 e. The molecule has 0 bridgehead atoms. The van der Waals surface area contributed by atoms with Crippen LogP contribution in [-0.4, -0.2) is 45.5 Å². The van der Waals surface area contributed by atoms with Gasteiger partial charge in [0.2, 0.25) is 5.91 Å². The fourth-order valence-corrected chi connectivity index (χ4v) is 6.16. The van der Waals surface area contributed by atoms with Gasteiger partial charge in [0.05, 0.1) is 23.2 Å². The van der Waals surface area contributed by atoms with E-state index in [2.05, 4.69) is 28.7 Å². The molecular weight excluding hydrogens is 446 g/mol. The topological polar surface area (TPSA) is 86.3 Å². The van der Waals surface area contributed by atoms with Crippen LogP contribution in [0.4, 0.5) is 5.82 Å². The molecule has 4 heterocycles. The van der Waals surface area contributed by atoms with E-state index >= 15 is 0 Å². The van der Waals surface area contributed by atoms with Crippen molar-refractivity contribution in [1.82, 2.24) is 19.4 Å². The zero-order valence-corrected chi connectivity index (χ0v) is 19.3. The summed E-state index contributed by atoms with van der Waals surface area (Å²) in [4.78, 5) is 23.6. The number of hydrogen-bond donors (Lipinski definition) is 1. The number of nitrogens with zero attached hydrogens (tertiary/aromatic N) is 4. The Labute approximate surface area is 194 Å². The molecule has 0 spiro atoms. The molecule has 4 aromatic rings. The minimum absolute atomic E-state index is 0.0110. The second-order valence-corrected chi connectivity index (χ2v) is 9.33. The first-order valence-corrected chi connectivity index (χ1v) is 11.4. The quantitative estimate of drug-likeness (QED) is 0.434.